The first-order valence-electron chi connectivity index (χ1n) is 9.45. The topological polar surface area (TPSA) is 68.6 Å². The van der Waals surface area contributed by atoms with Gasteiger partial charge in [-0.2, -0.15) is 0 Å². The number of nitrogens with zero attached hydrogens (tertiary/aromatic N) is 2. The first kappa shape index (κ1) is 19.9. The highest BCUT2D eigenvalue weighted by Gasteiger charge is 2.39. The van der Waals surface area contributed by atoms with Crippen molar-refractivity contribution < 1.29 is 14.3 Å². The quantitative estimate of drug-likeness (QED) is 0.791. The summed E-state index contributed by atoms with van der Waals surface area (Å²) in [4.78, 5) is 37.2. The van der Waals surface area contributed by atoms with Crippen LogP contribution in [-0.2, 0) is 16.6 Å². The van der Waals surface area contributed by atoms with E-state index in [9.17, 15) is 14.4 Å². The van der Waals surface area contributed by atoms with Crippen molar-refractivity contribution in [3.63, 3.8) is 0 Å². The molecule has 3 rings (SSSR count). The zero-order valence-corrected chi connectivity index (χ0v) is 16.8. The Labute approximate surface area is 164 Å². The van der Waals surface area contributed by atoms with Gasteiger partial charge in [0, 0.05) is 38.7 Å². The molecule has 2 heterocycles. The van der Waals surface area contributed by atoms with Crippen molar-refractivity contribution in [2.45, 2.75) is 45.3 Å². The largest absolute Gasteiger partial charge is 0.443 e. The molecule has 1 aliphatic heterocycles. The molecule has 0 aliphatic carbocycles. The van der Waals surface area contributed by atoms with E-state index in [0.29, 0.717) is 13.0 Å². The van der Waals surface area contributed by atoms with E-state index in [0.717, 1.165) is 16.7 Å². The minimum atomic E-state index is -0.716. The van der Waals surface area contributed by atoms with Crippen LogP contribution < -0.4 is 5.56 Å². The van der Waals surface area contributed by atoms with Crippen LogP contribution in [0.25, 0.3) is 11.1 Å². The average Bonchev–Trinajstić information content (AvgIpc) is 2.63. The Kier molecular flexibility index (Phi) is 5.40. The van der Waals surface area contributed by atoms with E-state index < -0.39 is 5.60 Å². The number of aryl methyl sites for hydroxylation is 1. The monoisotopic (exact) mass is 382 g/mol. The number of Topliss-reactive ketones (excluding diaryl/α,β-unsaturated/α-hetero) is 1. The second kappa shape index (κ2) is 7.62. The van der Waals surface area contributed by atoms with E-state index in [-0.39, 0.29) is 29.9 Å². The maximum Gasteiger partial charge on any atom is 0.410 e. The van der Waals surface area contributed by atoms with Crippen LogP contribution in [0.15, 0.2) is 47.4 Å². The van der Waals surface area contributed by atoms with Crippen molar-refractivity contribution in [3.05, 3.63) is 58.5 Å². The SMILES string of the molecule is CC(=O)CC1(C)CCN(C(C)c2ccc(-c3ccc(=O)n(C)c3)cc2)C(=O)O1. The highest BCUT2D eigenvalue weighted by atomic mass is 16.6. The molecule has 2 unspecified atom stereocenters. The summed E-state index contributed by atoms with van der Waals surface area (Å²) in [6, 6.07) is 11.2. The molecule has 2 atom stereocenters. The molecule has 0 saturated carbocycles. The Bertz CT molecular complexity index is 948. The number of pyridine rings is 1. The first-order valence-corrected chi connectivity index (χ1v) is 9.45. The molecule has 1 fully saturated rings. The summed E-state index contributed by atoms with van der Waals surface area (Å²) >= 11 is 0. The molecular formula is C22H26N2O4. The van der Waals surface area contributed by atoms with Gasteiger partial charge in [0.05, 0.1) is 6.04 Å². The lowest BCUT2D eigenvalue weighted by Gasteiger charge is -2.41. The third-order valence-corrected chi connectivity index (χ3v) is 5.35. The van der Waals surface area contributed by atoms with E-state index in [1.165, 1.54) is 6.92 Å². The number of carbonyl (C=O) groups excluding carboxylic acids is 2. The standard InChI is InChI=1S/C22H26N2O4/c1-15(25)13-22(3)11-12-24(21(27)28-22)16(2)17-5-7-18(8-6-17)19-9-10-20(26)23(4)14-19/h5-10,14,16H,11-13H2,1-4H3. The van der Waals surface area contributed by atoms with Crippen molar-refractivity contribution in [1.29, 1.82) is 0 Å². The predicted octanol–water partition coefficient (Wildman–Crippen LogP) is 3.69. The van der Waals surface area contributed by atoms with Gasteiger partial charge >= 0.3 is 6.09 Å². The number of benzene rings is 1. The molecule has 0 N–H and O–H groups in total. The molecule has 0 bridgehead atoms. The van der Waals surface area contributed by atoms with E-state index in [4.69, 9.17) is 4.74 Å². The summed E-state index contributed by atoms with van der Waals surface area (Å²) in [5.74, 6) is 0.0193. The molecule has 6 heteroatoms. The Morgan fingerprint density at radius 2 is 1.79 bits per heavy atom. The summed E-state index contributed by atoms with van der Waals surface area (Å²) in [6.07, 6.45) is 2.29. The molecule has 0 radical (unpaired) electrons. The number of carbonyl (C=O) groups is 2. The minimum absolute atomic E-state index is 0.0193. The lowest BCUT2D eigenvalue weighted by molar-refractivity contribution is -0.124. The van der Waals surface area contributed by atoms with E-state index >= 15 is 0 Å². The minimum Gasteiger partial charge on any atom is -0.443 e. The number of rotatable bonds is 5. The van der Waals surface area contributed by atoms with Crippen molar-refractivity contribution in [2.24, 2.45) is 7.05 Å². The number of ketones is 1. The van der Waals surface area contributed by atoms with Crippen LogP contribution in [0, 0.1) is 0 Å². The smallest absolute Gasteiger partial charge is 0.410 e. The van der Waals surface area contributed by atoms with E-state index in [1.54, 1.807) is 34.8 Å². The zero-order chi connectivity index (χ0) is 20.5. The molecule has 28 heavy (non-hydrogen) atoms. The van der Waals surface area contributed by atoms with Gasteiger partial charge in [0.25, 0.3) is 0 Å². The summed E-state index contributed by atoms with van der Waals surface area (Å²) < 4.78 is 7.14. The number of amides is 1. The fourth-order valence-electron chi connectivity index (χ4n) is 3.67. The zero-order valence-electron chi connectivity index (χ0n) is 16.8. The normalized spacial score (nSPS) is 20.6. The Morgan fingerprint density at radius 3 is 2.36 bits per heavy atom. The molecule has 2 aromatic rings. The second-order valence-corrected chi connectivity index (χ2v) is 7.80. The van der Waals surface area contributed by atoms with E-state index in [2.05, 4.69) is 0 Å². The molecule has 1 aliphatic rings. The Morgan fingerprint density at radius 1 is 1.14 bits per heavy atom. The van der Waals surface area contributed by atoms with Crippen LogP contribution in [0.3, 0.4) is 0 Å². The van der Waals surface area contributed by atoms with Gasteiger partial charge in [-0.3, -0.25) is 9.59 Å². The number of hydrogen-bond acceptors (Lipinski definition) is 4. The van der Waals surface area contributed by atoms with Crippen LogP contribution in [0.1, 0.15) is 45.2 Å². The number of hydrogen-bond donors (Lipinski definition) is 0. The van der Waals surface area contributed by atoms with Gasteiger partial charge < -0.3 is 14.2 Å². The average molecular weight is 382 g/mol. The summed E-state index contributed by atoms with van der Waals surface area (Å²) in [7, 11) is 1.73. The highest BCUT2D eigenvalue weighted by molar-refractivity contribution is 5.78. The molecule has 1 amide bonds. The summed E-state index contributed by atoms with van der Waals surface area (Å²) in [5.41, 5.74) is 2.20. The number of cyclic esters (lactones) is 1. The van der Waals surface area contributed by atoms with Gasteiger partial charge in [-0.1, -0.05) is 24.3 Å². The highest BCUT2D eigenvalue weighted by Crippen LogP contribution is 2.32. The first-order chi connectivity index (χ1) is 13.2. The van der Waals surface area contributed by atoms with Gasteiger partial charge in [-0.15, -0.1) is 0 Å². The fraction of sp³-hybridized carbons (Fsp3) is 0.409. The Hall–Kier alpha value is -2.89. The molecule has 148 valence electrons. The van der Waals surface area contributed by atoms with Crippen molar-refractivity contribution in [2.75, 3.05) is 6.54 Å². The maximum absolute atomic E-state index is 12.5. The van der Waals surface area contributed by atoms with Crippen LogP contribution >= 0.6 is 0 Å². The third-order valence-electron chi connectivity index (χ3n) is 5.35. The maximum atomic E-state index is 12.5. The molecule has 1 saturated heterocycles. The van der Waals surface area contributed by atoms with Gasteiger partial charge in [0.1, 0.15) is 11.4 Å². The van der Waals surface area contributed by atoms with Gasteiger partial charge in [-0.05, 0) is 43.5 Å². The molecule has 1 aromatic heterocycles. The van der Waals surface area contributed by atoms with Crippen LogP contribution in [0.2, 0.25) is 0 Å². The summed E-state index contributed by atoms with van der Waals surface area (Å²) in [5, 5.41) is 0. The van der Waals surface area contributed by atoms with Crippen molar-refractivity contribution >= 4 is 11.9 Å². The van der Waals surface area contributed by atoms with Crippen LogP contribution in [0.4, 0.5) is 4.79 Å². The number of ether oxygens (including phenoxy) is 1. The second-order valence-electron chi connectivity index (χ2n) is 7.80. The van der Waals surface area contributed by atoms with Crippen molar-refractivity contribution in [1.82, 2.24) is 9.47 Å². The van der Waals surface area contributed by atoms with Gasteiger partial charge in [0.2, 0.25) is 5.56 Å². The van der Waals surface area contributed by atoms with Crippen LogP contribution in [-0.4, -0.2) is 33.5 Å². The molecule has 6 nitrogen and oxygen atoms in total. The van der Waals surface area contributed by atoms with E-state index in [1.807, 2.05) is 38.1 Å². The predicted molar refractivity (Wildman–Crippen MR) is 107 cm³/mol. The van der Waals surface area contributed by atoms with Gasteiger partial charge in [-0.25, -0.2) is 4.79 Å². The van der Waals surface area contributed by atoms with Gasteiger partial charge in [0.15, 0.2) is 0 Å². The Balaban J connectivity index is 1.73. The molecule has 1 aromatic carbocycles. The lowest BCUT2D eigenvalue weighted by Crippen LogP contribution is -2.49. The lowest BCUT2D eigenvalue weighted by atomic mass is 9.93. The van der Waals surface area contributed by atoms with Crippen LogP contribution in [0.5, 0.6) is 0 Å². The fourth-order valence-corrected chi connectivity index (χ4v) is 3.67. The molecule has 0 spiro atoms. The van der Waals surface area contributed by atoms with Crippen molar-refractivity contribution in [3.8, 4) is 11.1 Å². The summed E-state index contributed by atoms with van der Waals surface area (Å²) in [6.45, 7) is 5.85. The number of aromatic nitrogens is 1. The third kappa shape index (κ3) is 4.16. The molecular weight excluding hydrogens is 356 g/mol.